The molecule has 92 valence electrons. The number of nitrogens with two attached hydrogens (primary N) is 3. The number of hydrogen-bond donors (Lipinski definition) is 3. The Labute approximate surface area is 95.8 Å². The first kappa shape index (κ1) is 12.7. The van der Waals surface area contributed by atoms with E-state index in [2.05, 4.69) is 14.7 Å². The van der Waals surface area contributed by atoms with E-state index in [9.17, 15) is 8.78 Å². The Hall–Kier alpha value is -2.38. The average molecular weight is 243 g/mol. The van der Waals surface area contributed by atoms with Crippen LogP contribution in [0, 0.1) is 11.6 Å². The van der Waals surface area contributed by atoms with Crippen LogP contribution in [-0.2, 0) is 0 Å². The average Bonchev–Trinajstić information content (AvgIpc) is 2.20. The molecule has 0 aromatic heterocycles. The fourth-order valence-electron chi connectivity index (χ4n) is 1.04. The third-order valence-corrected chi connectivity index (χ3v) is 1.70. The lowest BCUT2D eigenvalue weighted by atomic mass is 10.3. The van der Waals surface area contributed by atoms with E-state index in [-0.39, 0.29) is 23.4 Å². The van der Waals surface area contributed by atoms with Crippen molar-refractivity contribution >= 4 is 17.6 Å². The van der Waals surface area contributed by atoms with E-state index in [0.29, 0.717) is 6.07 Å². The first-order valence-corrected chi connectivity index (χ1v) is 4.41. The smallest absolute Gasteiger partial charge is 0.223 e. The summed E-state index contributed by atoms with van der Waals surface area (Å²) < 4.78 is 31.0. The monoisotopic (exact) mass is 243 g/mol. The van der Waals surface area contributed by atoms with Crippen molar-refractivity contribution in [3.05, 3.63) is 23.8 Å². The van der Waals surface area contributed by atoms with E-state index in [1.165, 1.54) is 7.11 Å². The molecule has 0 heterocycles. The number of rotatable bonds is 2. The molecule has 1 aromatic rings. The van der Waals surface area contributed by atoms with Crippen LogP contribution in [0.25, 0.3) is 0 Å². The van der Waals surface area contributed by atoms with Crippen molar-refractivity contribution in [3.8, 4) is 5.75 Å². The summed E-state index contributed by atoms with van der Waals surface area (Å²) in [7, 11) is 1.24. The van der Waals surface area contributed by atoms with E-state index < -0.39 is 11.6 Å². The lowest BCUT2D eigenvalue weighted by Gasteiger charge is -2.04. The molecule has 6 nitrogen and oxygen atoms in total. The van der Waals surface area contributed by atoms with Crippen molar-refractivity contribution in [1.82, 2.24) is 0 Å². The van der Waals surface area contributed by atoms with Crippen LogP contribution in [0.5, 0.6) is 5.75 Å². The van der Waals surface area contributed by atoms with Gasteiger partial charge in [-0.1, -0.05) is 0 Å². The molecule has 0 spiro atoms. The van der Waals surface area contributed by atoms with Gasteiger partial charge in [0.1, 0.15) is 5.69 Å². The normalized spacial score (nSPS) is 11.1. The van der Waals surface area contributed by atoms with Gasteiger partial charge in [-0.3, -0.25) is 0 Å². The van der Waals surface area contributed by atoms with Crippen molar-refractivity contribution in [1.29, 1.82) is 0 Å². The first-order chi connectivity index (χ1) is 7.93. The van der Waals surface area contributed by atoms with Crippen LogP contribution in [0.2, 0.25) is 0 Å². The van der Waals surface area contributed by atoms with Gasteiger partial charge in [-0.2, -0.15) is 4.99 Å². The summed E-state index contributed by atoms with van der Waals surface area (Å²) in [6.45, 7) is 0. The highest BCUT2D eigenvalue weighted by molar-refractivity contribution is 5.93. The van der Waals surface area contributed by atoms with Crippen LogP contribution < -0.4 is 21.9 Å². The van der Waals surface area contributed by atoms with Crippen molar-refractivity contribution in [2.24, 2.45) is 27.2 Å². The first-order valence-electron chi connectivity index (χ1n) is 4.41. The van der Waals surface area contributed by atoms with Crippen molar-refractivity contribution < 1.29 is 13.5 Å². The zero-order valence-corrected chi connectivity index (χ0v) is 8.95. The molecule has 1 aromatic carbocycles. The fraction of sp³-hybridized carbons (Fsp3) is 0.111. The Morgan fingerprint density at radius 2 is 1.82 bits per heavy atom. The summed E-state index contributed by atoms with van der Waals surface area (Å²) in [6.07, 6.45) is 0. The molecule has 0 fully saturated rings. The Balaban J connectivity index is 3.19. The number of guanidine groups is 2. The standard InChI is InChI=1S/C9H11F2N5O/c1-17-7-3-6(4(10)2-5(7)11)15-9(14)16-8(12)13/h2-3H,1H3,(H6,12,13,14,15,16). The van der Waals surface area contributed by atoms with Gasteiger partial charge in [-0.15, -0.1) is 0 Å². The number of halogens is 2. The SMILES string of the molecule is COc1cc(N=C(N)N=C(N)N)c(F)cc1F. The number of benzene rings is 1. The highest BCUT2D eigenvalue weighted by Crippen LogP contribution is 2.27. The van der Waals surface area contributed by atoms with Crippen LogP contribution in [0.3, 0.4) is 0 Å². The minimum Gasteiger partial charge on any atom is -0.494 e. The van der Waals surface area contributed by atoms with Gasteiger partial charge in [0.2, 0.25) is 5.96 Å². The molecule has 17 heavy (non-hydrogen) atoms. The van der Waals surface area contributed by atoms with Crippen LogP contribution in [0.15, 0.2) is 22.1 Å². The van der Waals surface area contributed by atoms with E-state index in [1.54, 1.807) is 0 Å². The summed E-state index contributed by atoms with van der Waals surface area (Å²) in [5.41, 5.74) is 15.2. The van der Waals surface area contributed by atoms with E-state index in [1.807, 2.05) is 0 Å². The summed E-state index contributed by atoms with van der Waals surface area (Å²) in [6, 6.07) is 1.67. The molecule has 0 atom stereocenters. The predicted octanol–water partition coefficient (Wildman–Crippen LogP) is 0.193. The molecule has 0 aliphatic rings. The molecule has 0 aliphatic heterocycles. The fourth-order valence-corrected chi connectivity index (χ4v) is 1.04. The van der Waals surface area contributed by atoms with Crippen LogP contribution in [-0.4, -0.2) is 19.0 Å². The zero-order chi connectivity index (χ0) is 13.0. The van der Waals surface area contributed by atoms with Crippen molar-refractivity contribution in [2.45, 2.75) is 0 Å². The molecular formula is C9H11F2N5O. The highest BCUT2D eigenvalue weighted by Gasteiger charge is 2.10. The number of aliphatic imine (C=N–C) groups is 2. The molecule has 0 saturated heterocycles. The largest absolute Gasteiger partial charge is 0.494 e. The summed E-state index contributed by atoms with van der Waals surface area (Å²) in [4.78, 5) is 6.96. The molecule has 0 saturated carbocycles. The van der Waals surface area contributed by atoms with Gasteiger partial charge >= 0.3 is 0 Å². The lowest BCUT2D eigenvalue weighted by molar-refractivity contribution is 0.384. The molecular weight excluding hydrogens is 232 g/mol. The van der Waals surface area contributed by atoms with E-state index in [0.717, 1.165) is 6.07 Å². The molecule has 0 bridgehead atoms. The van der Waals surface area contributed by atoms with E-state index in [4.69, 9.17) is 17.2 Å². The summed E-state index contributed by atoms with van der Waals surface area (Å²) in [5, 5.41) is 0. The second-order valence-electron chi connectivity index (χ2n) is 2.94. The van der Waals surface area contributed by atoms with Crippen LogP contribution in [0.4, 0.5) is 14.5 Å². The third kappa shape index (κ3) is 3.30. The van der Waals surface area contributed by atoms with Crippen molar-refractivity contribution in [3.63, 3.8) is 0 Å². The molecule has 0 radical (unpaired) electrons. The van der Waals surface area contributed by atoms with Gasteiger partial charge in [0.05, 0.1) is 7.11 Å². The summed E-state index contributed by atoms with van der Waals surface area (Å²) in [5.74, 6) is -2.58. The number of methoxy groups -OCH3 is 1. The maximum Gasteiger partial charge on any atom is 0.223 e. The number of hydrogen-bond acceptors (Lipinski definition) is 2. The Kier molecular flexibility index (Phi) is 3.81. The Morgan fingerprint density at radius 1 is 1.18 bits per heavy atom. The second-order valence-corrected chi connectivity index (χ2v) is 2.94. The Bertz CT molecular complexity index is 483. The van der Waals surface area contributed by atoms with Gasteiger partial charge in [0, 0.05) is 12.1 Å². The van der Waals surface area contributed by atoms with Crippen LogP contribution in [0.1, 0.15) is 0 Å². The molecule has 0 aliphatic carbocycles. The third-order valence-electron chi connectivity index (χ3n) is 1.70. The van der Waals surface area contributed by atoms with Crippen molar-refractivity contribution in [2.75, 3.05) is 7.11 Å². The van der Waals surface area contributed by atoms with Gasteiger partial charge in [-0.05, 0) is 0 Å². The predicted molar refractivity (Wildman–Crippen MR) is 60.0 cm³/mol. The maximum atomic E-state index is 13.3. The van der Waals surface area contributed by atoms with Gasteiger partial charge < -0.3 is 21.9 Å². The second kappa shape index (κ2) is 5.10. The molecule has 6 N–H and O–H groups in total. The molecule has 0 amide bonds. The topological polar surface area (TPSA) is 112 Å². The molecule has 8 heteroatoms. The Morgan fingerprint density at radius 3 is 2.35 bits per heavy atom. The minimum atomic E-state index is -0.906. The maximum absolute atomic E-state index is 13.3. The van der Waals surface area contributed by atoms with Gasteiger partial charge in [0.15, 0.2) is 23.3 Å². The highest BCUT2D eigenvalue weighted by atomic mass is 19.1. The minimum absolute atomic E-state index is 0.164. The molecule has 0 unspecified atom stereocenters. The zero-order valence-electron chi connectivity index (χ0n) is 8.95. The number of nitrogens with zero attached hydrogens (tertiary/aromatic N) is 2. The van der Waals surface area contributed by atoms with Gasteiger partial charge in [-0.25, -0.2) is 13.8 Å². The van der Waals surface area contributed by atoms with Gasteiger partial charge in [0.25, 0.3) is 0 Å². The quantitative estimate of drug-likeness (QED) is 0.508. The van der Waals surface area contributed by atoms with Crippen LogP contribution >= 0.6 is 0 Å². The van der Waals surface area contributed by atoms with E-state index >= 15 is 0 Å². The molecule has 1 rings (SSSR count). The lowest BCUT2D eigenvalue weighted by Crippen LogP contribution is -2.26. The summed E-state index contributed by atoms with van der Waals surface area (Å²) >= 11 is 0. The number of ether oxygens (including phenoxy) is 1.